The standard InChI is InChI=1S/C8H12OS/c1-6-3-8(10-5-6)4-7(2)9/h3,5,7,9H,4H2,1-2H3/t7-/m0/s1. The molecular weight excluding hydrogens is 144 g/mol. The van der Waals surface area contributed by atoms with Gasteiger partial charge in [0.15, 0.2) is 0 Å². The topological polar surface area (TPSA) is 20.2 Å². The van der Waals surface area contributed by atoms with E-state index in [1.165, 1.54) is 10.4 Å². The molecule has 0 bridgehead atoms. The van der Waals surface area contributed by atoms with Crippen molar-refractivity contribution in [1.29, 1.82) is 0 Å². The lowest BCUT2D eigenvalue weighted by Gasteiger charge is -1.98. The average Bonchev–Trinajstić information content (AvgIpc) is 2.13. The van der Waals surface area contributed by atoms with E-state index in [0.29, 0.717) is 0 Å². The summed E-state index contributed by atoms with van der Waals surface area (Å²) < 4.78 is 0. The molecule has 2 heteroatoms. The second kappa shape index (κ2) is 3.17. The minimum Gasteiger partial charge on any atom is -0.393 e. The van der Waals surface area contributed by atoms with Crippen LogP contribution in [-0.4, -0.2) is 11.2 Å². The molecule has 1 atom stereocenters. The highest BCUT2D eigenvalue weighted by Gasteiger charge is 1.99. The molecule has 1 N–H and O–H groups in total. The predicted molar refractivity (Wildman–Crippen MR) is 44.4 cm³/mol. The summed E-state index contributed by atoms with van der Waals surface area (Å²) >= 11 is 1.72. The Bertz CT molecular complexity index is 203. The minimum absolute atomic E-state index is 0.210. The molecule has 0 unspecified atom stereocenters. The molecule has 0 fully saturated rings. The summed E-state index contributed by atoms with van der Waals surface area (Å²) in [6.45, 7) is 3.89. The van der Waals surface area contributed by atoms with E-state index in [1.807, 2.05) is 6.92 Å². The number of thiophene rings is 1. The smallest absolute Gasteiger partial charge is 0.0560 e. The molecule has 0 amide bonds. The number of aliphatic hydroxyl groups is 1. The molecule has 10 heavy (non-hydrogen) atoms. The summed E-state index contributed by atoms with van der Waals surface area (Å²) in [4.78, 5) is 1.27. The summed E-state index contributed by atoms with van der Waals surface area (Å²) in [5.41, 5.74) is 1.29. The molecular formula is C8H12OS. The van der Waals surface area contributed by atoms with Crippen LogP contribution in [0.15, 0.2) is 11.4 Å². The summed E-state index contributed by atoms with van der Waals surface area (Å²) in [6, 6.07) is 2.12. The molecule has 0 spiro atoms. The summed E-state index contributed by atoms with van der Waals surface area (Å²) in [7, 11) is 0. The molecule has 1 rings (SSSR count). The number of hydrogen-bond donors (Lipinski definition) is 1. The highest BCUT2D eigenvalue weighted by atomic mass is 32.1. The fourth-order valence-corrected chi connectivity index (χ4v) is 1.89. The van der Waals surface area contributed by atoms with Crippen molar-refractivity contribution < 1.29 is 5.11 Å². The van der Waals surface area contributed by atoms with Gasteiger partial charge in [-0.1, -0.05) is 0 Å². The van der Waals surface area contributed by atoms with Crippen LogP contribution < -0.4 is 0 Å². The quantitative estimate of drug-likeness (QED) is 0.694. The van der Waals surface area contributed by atoms with Gasteiger partial charge >= 0.3 is 0 Å². The summed E-state index contributed by atoms with van der Waals surface area (Å²) in [5.74, 6) is 0. The first-order valence-electron chi connectivity index (χ1n) is 3.40. The van der Waals surface area contributed by atoms with E-state index in [-0.39, 0.29) is 6.10 Å². The molecule has 1 aromatic heterocycles. The number of rotatable bonds is 2. The van der Waals surface area contributed by atoms with E-state index in [9.17, 15) is 0 Å². The molecule has 1 heterocycles. The van der Waals surface area contributed by atoms with Crippen molar-refractivity contribution in [2.45, 2.75) is 26.4 Å². The number of hydrogen-bond acceptors (Lipinski definition) is 2. The van der Waals surface area contributed by atoms with Crippen molar-refractivity contribution in [1.82, 2.24) is 0 Å². The van der Waals surface area contributed by atoms with E-state index in [0.717, 1.165) is 6.42 Å². The van der Waals surface area contributed by atoms with Gasteiger partial charge in [0.05, 0.1) is 6.10 Å². The van der Waals surface area contributed by atoms with Crippen LogP contribution in [0.2, 0.25) is 0 Å². The van der Waals surface area contributed by atoms with Gasteiger partial charge < -0.3 is 5.11 Å². The second-order valence-corrected chi connectivity index (χ2v) is 3.64. The molecule has 1 nitrogen and oxygen atoms in total. The van der Waals surface area contributed by atoms with Crippen LogP contribution in [0.3, 0.4) is 0 Å². The molecule has 56 valence electrons. The van der Waals surface area contributed by atoms with Gasteiger partial charge in [0.25, 0.3) is 0 Å². The van der Waals surface area contributed by atoms with Crippen molar-refractivity contribution in [3.05, 3.63) is 21.9 Å². The van der Waals surface area contributed by atoms with Gasteiger partial charge in [0.2, 0.25) is 0 Å². The van der Waals surface area contributed by atoms with Gasteiger partial charge in [-0.25, -0.2) is 0 Å². The fourth-order valence-electron chi connectivity index (χ4n) is 0.889. The van der Waals surface area contributed by atoms with E-state index in [1.54, 1.807) is 11.3 Å². The third kappa shape index (κ3) is 2.12. The Morgan fingerprint density at radius 1 is 1.70 bits per heavy atom. The van der Waals surface area contributed by atoms with Crippen LogP contribution >= 0.6 is 11.3 Å². The van der Waals surface area contributed by atoms with E-state index in [2.05, 4.69) is 18.4 Å². The molecule has 1 aromatic rings. The van der Waals surface area contributed by atoms with E-state index >= 15 is 0 Å². The predicted octanol–water partition coefficient (Wildman–Crippen LogP) is 1.98. The molecule has 0 saturated carbocycles. The molecule has 0 aliphatic rings. The van der Waals surface area contributed by atoms with Crippen molar-refractivity contribution in [2.75, 3.05) is 0 Å². The van der Waals surface area contributed by atoms with Crippen molar-refractivity contribution in [2.24, 2.45) is 0 Å². The summed E-state index contributed by atoms with van der Waals surface area (Å²) in [6.07, 6.45) is 0.580. The maximum absolute atomic E-state index is 9.02. The van der Waals surface area contributed by atoms with Crippen molar-refractivity contribution in [3.8, 4) is 0 Å². The average molecular weight is 156 g/mol. The van der Waals surface area contributed by atoms with E-state index in [4.69, 9.17) is 5.11 Å². The zero-order chi connectivity index (χ0) is 7.56. The van der Waals surface area contributed by atoms with Crippen LogP contribution in [0.5, 0.6) is 0 Å². The third-order valence-electron chi connectivity index (χ3n) is 1.28. The van der Waals surface area contributed by atoms with Crippen LogP contribution in [-0.2, 0) is 6.42 Å². The lowest BCUT2D eigenvalue weighted by Crippen LogP contribution is -2.01. The third-order valence-corrected chi connectivity index (χ3v) is 2.36. The Morgan fingerprint density at radius 3 is 2.80 bits per heavy atom. The lowest BCUT2D eigenvalue weighted by atomic mass is 10.2. The normalized spacial score (nSPS) is 13.5. The Labute approximate surface area is 65.3 Å². The second-order valence-electron chi connectivity index (χ2n) is 2.64. The van der Waals surface area contributed by atoms with E-state index < -0.39 is 0 Å². The van der Waals surface area contributed by atoms with Crippen LogP contribution in [0, 0.1) is 6.92 Å². The SMILES string of the molecule is Cc1csc(C[C@H](C)O)c1. The van der Waals surface area contributed by atoms with Gasteiger partial charge in [-0.3, -0.25) is 0 Å². The van der Waals surface area contributed by atoms with Gasteiger partial charge in [-0.15, -0.1) is 11.3 Å². The molecule has 0 aliphatic carbocycles. The van der Waals surface area contributed by atoms with Crippen LogP contribution in [0.4, 0.5) is 0 Å². The number of aryl methyl sites for hydroxylation is 1. The maximum atomic E-state index is 9.02. The van der Waals surface area contributed by atoms with Crippen LogP contribution in [0.1, 0.15) is 17.4 Å². The van der Waals surface area contributed by atoms with Crippen molar-refractivity contribution >= 4 is 11.3 Å². The largest absolute Gasteiger partial charge is 0.393 e. The van der Waals surface area contributed by atoms with Gasteiger partial charge in [-0.2, -0.15) is 0 Å². The maximum Gasteiger partial charge on any atom is 0.0560 e. The first-order valence-corrected chi connectivity index (χ1v) is 4.28. The molecule has 0 aliphatic heterocycles. The highest BCUT2D eigenvalue weighted by molar-refractivity contribution is 7.10. The van der Waals surface area contributed by atoms with Gasteiger partial charge in [-0.05, 0) is 30.9 Å². The summed E-state index contributed by atoms with van der Waals surface area (Å²) in [5, 5.41) is 11.1. The molecule has 0 saturated heterocycles. The van der Waals surface area contributed by atoms with Crippen molar-refractivity contribution in [3.63, 3.8) is 0 Å². The Morgan fingerprint density at radius 2 is 2.40 bits per heavy atom. The first-order chi connectivity index (χ1) is 4.68. The highest BCUT2D eigenvalue weighted by Crippen LogP contribution is 2.15. The first kappa shape index (κ1) is 7.76. The number of aliphatic hydroxyl groups excluding tert-OH is 1. The Balaban J connectivity index is 2.58. The fraction of sp³-hybridized carbons (Fsp3) is 0.500. The van der Waals surface area contributed by atoms with Gasteiger partial charge in [0.1, 0.15) is 0 Å². The monoisotopic (exact) mass is 156 g/mol. The van der Waals surface area contributed by atoms with Gasteiger partial charge in [0, 0.05) is 11.3 Å². The Kier molecular flexibility index (Phi) is 2.46. The minimum atomic E-state index is -0.210. The zero-order valence-corrected chi connectivity index (χ0v) is 7.11. The van der Waals surface area contributed by atoms with Crippen LogP contribution in [0.25, 0.3) is 0 Å². The zero-order valence-electron chi connectivity index (χ0n) is 6.29. The lowest BCUT2D eigenvalue weighted by molar-refractivity contribution is 0.196. The molecule has 0 radical (unpaired) electrons. The molecule has 0 aromatic carbocycles. The Hall–Kier alpha value is -0.340.